The lowest BCUT2D eigenvalue weighted by Crippen LogP contribution is -2.32. The largest absolute Gasteiger partial charge is 0.389 e. The van der Waals surface area contributed by atoms with Crippen molar-refractivity contribution in [3.63, 3.8) is 0 Å². The molecule has 0 bridgehead atoms. The number of urea groups is 1. The molecule has 2 rings (SSSR count). The number of anilines is 1. The zero-order valence-corrected chi connectivity index (χ0v) is 13.3. The topological polar surface area (TPSA) is 79.5 Å². The van der Waals surface area contributed by atoms with Crippen molar-refractivity contribution in [1.29, 1.82) is 0 Å². The number of aromatic nitrogens is 1. The average Bonchev–Trinajstić information content (AvgIpc) is 3.02. The molecule has 1 aliphatic heterocycles. The van der Waals surface area contributed by atoms with Gasteiger partial charge in [0.05, 0.1) is 5.69 Å². The number of thiazole rings is 1. The number of carbonyl (C=O) groups is 2. The van der Waals surface area contributed by atoms with Crippen molar-refractivity contribution in [2.45, 2.75) is 32.4 Å². The van der Waals surface area contributed by atoms with Crippen molar-refractivity contribution >= 4 is 28.4 Å². The molecule has 2 N–H and O–H groups in total. The smallest absolute Gasteiger partial charge is 0.365 e. The van der Waals surface area contributed by atoms with Crippen LogP contribution in [0.25, 0.3) is 0 Å². The average molecular weight is 350 g/mol. The summed E-state index contributed by atoms with van der Waals surface area (Å²) in [6, 6.07) is -0.389. The maximum atomic E-state index is 12.3. The molecule has 1 aromatic heterocycles. The predicted molar refractivity (Wildman–Crippen MR) is 79.6 cm³/mol. The van der Waals surface area contributed by atoms with Crippen LogP contribution in [-0.2, 0) is 6.42 Å². The molecule has 1 aromatic rings. The number of alkyl halides is 3. The lowest BCUT2D eigenvalue weighted by atomic mass is 10.3. The normalized spacial score (nSPS) is 15.6. The third kappa shape index (κ3) is 4.12. The van der Waals surface area contributed by atoms with Gasteiger partial charge in [-0.3, -0.25) is 9.69 Å². The second-order valence-corrected chi connectivity index (χ2v) is 6.11. The molecular formula is C13H17F3N4O2S. The van der Waals surface area contributed by atoms with Crippen molar-refractivity contribution in [2.24, 2.45) is 5.73 Å². The van der Waals surface area contributed by atoms with Gasteiger partial charge in [-0.1, -0.05) is 18.3 Å². The van der Waals surface area contributed by atoms with Crippen LogP contribution >= 0.6 is 11.3 Å². The lowest BCUT2D eigenvalue weighted by Gasteiger charge is -2.17. The van der Waals surface area contributed by atoms with Gasteiger partial charge in [-0.15, -0.1) is 0 Å². The number of aryl methyl sites for hydroxylation is 1. The summed E-state index contributed by atoms with van der Waals surface area (Å²) in [4.78, 5) is 30.9. The molecule has 1 fully saturated rings. The minimum atomic E-state index is -4.22. The summed E-state index contributed by atoms with van der Waals surface area (Å²) in [5.74, 6) is -0.598. The monoisotopic (exact) mass is 350 g/mol. The zero-order chi connectivity index (χ0) is 17.2. The van der Waals surface area contributed by atoms with Crippen LogP contribution in [0, 0.1) is 0 Å². The molecule has 3 amide bonds. The lowest BCUT2D eigenvalue weighted by molar-refractivity contribution is -0.135. The Morgan fingerprint density at radius 2 is 2.09 bits per heavy atom. The second-order valence-electron chi connectivity index (χ2n) is 5.13. The number of carbonyl (C=O) groups excluding carboxylic acids is 2. The van der Waals surface area contributed by atoms with E-state index >= 15 is 0 Å². The van der Waals surface area contributed by atoms with Crippen LogP contribution in [0.15, 0.2) is 0 Å². The van der Waals surface area contributed by atoms with Crippen molar-refractivity contribution in [2.75, 3.05) is 24.5 Å². The first-order chi connectivity index (χ1) is 10.7. The number of amides is 3. The van der Waals surface area contributed by atoms with E-state index < -0.39 is 18.5 Å². The Bertz CT molecular complexity index is 603. The SMILES string of the molecule is CCc1nc(N2CCN(CCCC(F)(F)F)C2=O)sc1C(N)=O. The quantitative estimate of drug-likeness (QED) is 0.855. The standard InChI is InChI=1S/C13H17F3N4O2S/c1-2-8-9(10(17)21)23-11(18-8)20-7-6-19(12(20)22)5-3-4-13(14,15)16/h2-7H2,1H3,(H2,17,21). The molecule has 2 heterocycles. The molecule has 0 aromatic carbocycles. The van der Waals surface area contributed by atoms with Gasteiger partial charge in [-0.2, -0.15) is 13.2 Å². The molecule has 0 aliphatic carbocycles. The van der Waals surface area contributed by atoms with E-state index in [1.165, 1.54) is 9.80 Å². The van der Waals surface area contributed by atoms with Gasteiger partial charge in [0.25, 0.3) is 5.91 Å². The summed E-state index contributed by atoms with van der Waals surface area (Å²) in [5, 5.41) is 0.360. The highest BCUT2D eigenvalue weighted by molar-refractivity contribution is 7.17. The predicted octanol–water partition coefficient (Wildman–Crippen LogP) is 2.39. The van der Waals surface area contributed by atoms with Crippen molar-refractivity contribution in [3.8, 4) is 0 Å². The van der Waals surface area contributed by atoms with Gasteiger partial charge in [0.15, 0.2) is 5.13 Å². The first-order valence-corrected chi connectivity index (χ1v) is 7.97. The third-order valence-corrected chi connectivity index (χ3v) is 4.59. The summed E-state index contributed by atoms with van der Waals surface area (Å²) in [6.07, 6.45) is -4.76. The van der Waals surface area contributed by atoms with Crippen LogP contribution < -0.4 is 10.6 Å². The van der Waals surface area contributed by atoms with E-state index in [9.17, 15) is 22.8 Å². The molecule has 128 valence electrons. The van der Waals surface area contributed by atoms with Gasteiger partial charge in [0.2, 0.25) is 0 Å². The first kappa shape index (κ1) is 17.5. The number of hydrogen-bond donors (Lipinski definition) is 1. The highest BCUT2D eigenvalue weighted by Gasteiger charge is 2.33. The first-order valence-electron chi connectivity index (χ1n) is 7.15. The van der Waals surface area contributed by atoms with Gasteiger partial charge in [-0.05, 0) is 12.8 Å². The Morgan fingerprint density at radius 3 is 2.61 bits per heavy atom. The van der Waals surface area contributed by atoms with E-state index in [1.54, 1.807) is 0 Å². The number of primary amides is 1. The van der Waals surface area contributed by atoms with Gasteiger partial charge >= 0.3 is 12.2 Å². The number of rotatable bonds is 6. The summed E-state index contributed by atoms with van der Waals surface area (Å²) in [5.41, 5.74) is 5.81. The Hall–Kier alpha value is -1.84. The van der Waals surface area contributed by atoms with E-state index in [0.717, 1.165) is 11.3 Å². The molecule has 0 unspecified atom stereocenters. The van der Waals surface area contributed by atoms with Gasteiger partial charge in [-0.25, -0.2) is 9.78 Å². The van der Waals surface area contributed by atoms with Crippen LogP contribution in [0.3, 0.4) is 0 Å². The summed E-state index contributed by atoms with van der Waals surface area (Å²) in [6.45, 7) is 2.54. The van der Waals surface area contributed by atoms with Crippen molar-refractivity contribution in [1.82, 2.24) is 9.88 Å². The summed E-state index contributed by atoms with van der Waals surface area (Å²) >= 11 is 1.04. The molecule has 0 spiro atoms. The van der Waals surface area contributed by atoms with Crippen molar-refractivity contribution in [3.05, 3.63) is 10.6 Å². The highest BCUT2D eigenvalue weighted by atomic mass is 32.1. The van der Waals surface area contributed by atoms with E-state index in [-0.39, 0.29) is 19.0 Å². The Kier molecular flexibility index (Phi) is 5.12. The zero-order valence-electron chi connectivity index (χ0n) is 12.5. The summed E-state index contributed by atoms with van der Waals surface area (Å²) < 4.78 is 36.5. The van der Waals surface area contributed by atoms with Gasteiger partial charge in [0, 0.05) is 26.1 Å². The fourth-order valence-corrected chi connectivity index (χ4v) is 3.35. The molecular weight excluding hydrogens is 333 g/mol. The van der Waals surface area contributed by atoms with Crippen LogP contribution in [0.1, 0.15) is 35.1 Å². The fourth-order valence-electron chi connectivity index (χ4n) is 2.32. The molecule has 0 radical (unpaired) electrons. The maximum Gasteiger partial charge on any atom is 0.389 e. The highest BCUT2D eigenvalue weighted by Crippen LogP contribution is 2.29. The number of nitrogens with zero attached hydrogens (tertiary/aromatic N) is 3. The molecule has 6 nitrogen and oxygen atoms in total. The number of halogens is 3. The summed E-state index contributed by atoms with van der Waals surface area (Å²) in [7, 11) is 0. The minimum Gasteiger partial charge on any atom is -0.365 e. The Labute approximate surface area is 135 Å². The Balaban J connectivity index is 2.03. The molecule has 10 heteroatoms. The van der Waals surface area contributed by atoms with E-state index in [1.807, 2.05) is 6.92 Å². The number of nitrogens with two attached hydrogens (primary N) is 1. The van der Waals surface area contributed by atoms with E-state index in [0.29, 0.717) is 35.2 Å². The van der Waals surface area contributed by atoms with Crippen LogP contribution in [-0.4, -0.2) is 47.6 Å². The number of hydrogen-bond acceptors (Lipinski definition) is 4. The van der Waals surface area contributed by atoms with Crippen LogP contribution in [0.2, 0.25) is 0 Å². The van der Waals surface area contributed by atoms with Gasteiger partial charge in [0.1, 0.15) is 4.88 Å². The van der Waals surface area contributed by atoms with Crippen molar-refractivity contribution < 1.29 is 22.8 Å². The molecule has 0 saturated carbocycles. The second kappa shape index (κ2) is 6.73. The maximum absolute atomic E-state index is 12.3. The molecule has 0 atom stereocenters. The third-order valence-electron chi connectivity index (χ3n) is 3.46. The van der Waals surface area contributed by atoms with E-state index in [4.69, 9.17) is 5.73 Å². The Morgan fingerprint density at radius 1 is 1.39 bits per heavy atom. The van der Waals surface area contributed by atoms with Crippen LogP contribution in [0.4, 0.5) is 23.1 Å². The minimum absolute atomic E-state index is 0.0452. The molecule has 1 saturated heterocycles. The van der Waals surface area contributed by atoms with E-state index in [2.05, 4.69) is 4.98 Å². The van der Waals surface area contributed by atoms with Gasteiger partial charge < -0.3 is 10.6 Å². The fraction of sp³-hybridized carbons (Fsp3) is 0.615. The molecule has 1 aliphatic rings. The molecule has 23 heavy (non-hydrogen) atoms. The van der Waals surface area contributed by atoms with Crippen LogP contribution in [0.5, 0.6) is 0 Å².